The number of carbonyl (C=O) groups excluding carboxylic acids is 2. The molecule has 2 aliphatic rings. The zero-order valence-electron chi connectivity index (χ0n) is 21.3. The third-order valence-corrected chi connectivity index (χ3v) is 7.04. The standard InChI is InChI=1S/C26H33F2N5O3/c1-16-12-31(23(11-29-16)25(35)30(4)5)14-24(34)32-15-26(2,3)20-13-33(36)19(10-22(20)32)8-17-6-7-18(27)9-21(17)28/h6-7,9-10,13,16,23,29H,8,11-12,14-15H2,1-5H3/t16-,23-/m1/s1. The predicted molar refractivity (Wildman–Crippen MR) is 131 cm³/mol. The van der Waals surface area contributed by atoms with E-state index in [1.807, 2.05) is 25.7 Å². The van der Waals surface area contributed by atoms with Crippen molar-refractivity contribution in [2.45, 2.75) is 44.7 Å². The van der Waals surface area contributed by atoms with Gasteiger partial charge in [0.25, 0.3) is 0 Å². The highest BCUT2D eigenvalue weighted by Gasteiger charge is 2.42. The summed E-state index contributed by atoms with van der Waals surface area (Å²) in [5.74, 6) is -1.66. The Bertz CT molecular complexity index is 1190. The molecule has 36 heavy (non-hydrogen) atoms. The number of nitrogens with one attached hydrogen (secondary N) is 1. The number of anilines is 1. The number of aromatic nitrogens is 1. The van der Waals surface area contributed by atoms with Gasteiger partial charge < -0.3 is 20.3 Å². The molecule has 0 bridgehead atoms. The first-order valence-electron chi connectivity index (χ1n) is 12.1. The van der Waals surface area contributed by atoms with E-state index in [0.717, 1.165) is 17.7 Å². The summed E-state index contributed by atoms with van der Waals surface area (Å²) in [5.41, 5.74) is 1.31. The lowest BCUT2D eigenvalue weighted by molar-refractivity contribution is -0.614. The van der Waals surface area contributed by atoms with Crippen molar-refractivity contribution in [3.05, 3.63) is 64.1 Å². The number of amides is 2. The van der Waals surface area contributed by atoms with Crippen LogP contribution in [0.25, 0.3) is 0 Å². The summed E-state index contributed by atoms with van der Waals surface area (Å²) in [6, 6.07) is 4.56. The number of benzene rings is 1. The van der Waals surface area contributed by atoms with Crippen LogP contribution in [-0.2, 0) is 21.4 Å². The van der Waals surface area contributed by atoms with Crippen molar-refractivity contribution in [1.29, 1.82) is 0 Å². The van der Waals surface area contributed by atoms with Crippen LogP contribution in [0.15, 0.2) is 30.5 Å². The van der Waals surface area contributed by atoms with Crippen molar-refractivity contribution in [2.24, 2.45) is 0 Å². The van der Waals surface area contributed by atoms with Crippen LogP contribution in [0.3, 0.4) is 0 Å². The molecule has 3 heterocycles. The molecule has 0 spiro atoms. The van der Waals surface area contributed by atoms with E-state index in [1.54, 1.807) is 25.1 Å². The van der Waals surface area contributed by atoms with Gasteiger partial charge in [0, 0.05) is 62.9 Å². The van der Waals surface area contributed by atoms with Gasteiger partial charge in [0.2, 0.25) is 11.8 Å². The van der Waals surface area contributed by atoms with E-state index in [4.69, 9.17) is 0 Å². The van der Waals surface area contributed by atoms with Gasteiger partial charge in [0.05, 0.1) is 18.7 Å². The molecule has 1 aromatic carbocycles. The van der Waals surface area contributed by atoms with Gasteiger partial charge >= 0.3 is 0 Å². The van der Waals surface area contributed by atoms with Crippen molar-refractivity contribution in [2.75, 3.05) is 45.2 Å². The molecule has 1 saturated heterocycles. The second-order valence-electron chi connectivity index (χ2n) is 10.7. The third-order valence-electron chi connectivity index (χ3n) is 7.04. The largest absolute Gasteiger partial charge is 0.618 e. The maximum Gasteiger partial charge on any atom is 0.241 e. The number of halogens is 2. The van der Waals surface area contributed by atoms with Crippen molar-refractivity contribution in [3.8, 4) is 0 Å². The van der Waals surface area contributed by atoms with E-state index in [1.165, 1.54) is 17.2 Å². The van der Waals surface area contributed by atoms with Crippen molar-refractivity contribution in [3.63, 3.8) is 0 Å². The van der Waals surface area contributed by atoms with E-state index in [2.05, 4.69) is 5.32 Å². The number of piperazine rings is 1. The highest BCUT2D eigenvalue weighted by atomic mass is 19.1. The first-order chi connectivity index (χ1) is 16.9. The number of carbonyl (C=O) groups is 2. The third kappa shape index (κ3) is 5.05. The van der Waals surface area contributed by atoms with Gasteiger partial charge in [-0.05, 0) is 18.6 Å². The number of likely N-dealkylation sites (N-methyl/N-ethyl adjacent to an activating group) is 1. The van der Waals surface area contributed by atoms with E-state index in [9.17, 15) is 23.6 Å². The molecule has 0 saturated carbocycles. The summed E-state index contributed by atoms with van der Waals surface area (Å²) in [6.45, 7) is 7.37. The lowest BCUT2D eigenvalue weighted by Gasteiger charge is -2.39. The van der Waals surface area contributed by atoms with Crippen LogP contribution in [-0.4, -0.2) is 74.0 Å². The smallest absolute Gasteiger partial charge is 0.241 e. The number of pyridine rings is 1. The van der Waals surface area contributed by atoms with Crippen molar-refractivity contribution in [1.82, 2.24) is 15.1 Å². The monoisotopic (exact) mass is 501 g/mol. The van der Waals surface area contributed by atoms with Crippen LogP contribution in [0.4, 0.5) is 14.5 Å². The molecule has 10 heteroatoms. The lowest BCUT2D eigenvalue weighted by Crippen LogP contribution is -2.62. The maximum absolute atomic E-state index is 14.3. The molecule has 2 amide bonds. The summed E-state index contributed by atoms with van der Waals surface area (Å²) in [7, 11) is 3.40. The molecule has 1 N–H and O–H groups in total. The molecule has 0 radical (unpaired) electrons. The minimum atomic E-state index is -0.729. The molecule has 1 aromatic heterocycles. The Balaban J connectivity index is 1.62. The maximum atomic E-state index is 14.3. The van der Waals surface area contributed by atoms with Crippen LogP contribution < -0.4 is 14.9 Å². The fraction of sp³-hybridized carbons (Fsp3) is 0.500. The second-order valence-corrected chi connectivity index (χ2v) is 10.7. The zero-order chi connectivity index (χ0) is 26.4. The van der Waals surface area contributed by atoms with Gasteiger partial charge in [-0.1, -0.05) is 19.9 Å². The SMILES string of the molecule is C[C@@H]1CN(CC(=O)N2CC(C)(C)c3c[n+]([O-])c(Cc4ccc(F)cc4F)cc32)[C@@H](C(=O)N(C)C)CN1. The molecule has 2 aromatic rings. The Morgan fingerprint density at radius 3 is 2.64 bits per heavy atom. The van der Waals surface area contributed by atoms with Crippen LogP contribution in [0.2, 0.25) is 0 Å². The van der Waals surface area contributed by atoms with Gasteiger partial charge in [-0.15, -0.1) is 0 Å². The zero-order valence-corrected chi connectivity index (χ0v) is 21.3. The molecule has 0 aliphatic carbocycles. The van der Waals surface area contributed by atoms with Gasteiger partial charge in [-0.2, -0.15) is 4.73 Å². The second kappa shape index (κ2) is 9.74. The van der Waals surface area contributed by atoms with E-state index in [-0.39, 0.29) is 42.1 Å². The first-order valence-corrected chi connectivity index (χ1v) is 12.1. The summed E-state index contributed by atoms with van der Waals surface area (Å²) in [6.07, 6.45) is 1.41. The fourth-order valence-electron chi connectivity index (χ4n) is 5.05. The van der Waals surface area contributed by atoms with Crippen molar-refractivity contribution < 1.29 is 23.1 Å². The average molecular weight is 502 g/mol. The van der Waals surface area contributed by atoms with Gasteiger partial charge in [-0.3, -0.25) is 14.5 Å². The molecular weight excluding hydrogens is 468 g/mol. The minimum absolute atomic E-state index is 0.0416. The molecule has 2 atom stereocenters. The molecule has 2 aliphatic heterocycles. The van der Waals surface area contributed by atoms with Crippen LogP contribution in [0, 0.1) is 16.8 Å². The molecule has 194 valence electrons. The number of nitrogens with zero attached hydrogens (tertiary/aromatic N) is 4. The van der Waals surface area contributed by atoms with E-state index in [0.29, 0.717) is 30.1 Å². The minimum Gasteiger partial charge on any atom is -0.618 e. The number of rotatable bonds is 5. The highest BCUT2D eigenvalue weighted by molar-refractivity contribution is 5.98. The van der Waals surface area contributed by atoms with Crippen LogP contribution in [0.1, 0.15) is 37.6 Å². The van der Waals surface area contributed by atoms with Gasteiger partial charge in [0.15, 0.2) is 11.9 Å². The number of hydrogen-bond donors (Lipinski definition) is 1. The fourth-order valence-corrected chi connectivity index (χ4v) is 5.05. The molecule has 0 unspecified atom stereocenters. The van der Waals surface area contributed by atoms with E-state index >= 15 is 0 Å². The Hall–Kier alpha value is -3.11. The molecule has 4 rings (SSSR count). The lowest BCUT2D eigenvalue weighted by atomic mass is 9.88. The first kappa shape index (κ1) is 26.0. The summed E-state index contributed by atoms with van der Waals surface area (Å²) in [5, 5.41) is 16.1. The Morgan fingerprint density at radius 2 is 1.97 bits per heavy atom. The number of fused-ring (bicyclic) bond motifs is 1. The van der Waals surface area contributed by atoms with Gasteiger partial charge in [-0.25, -0.2) is 8.78 Å². The molecule has 1 fully saturated rings. The average Bonchev–Trinajstić information content (AvgIpc) is 3.05. The topological polar surface area (TPSA) is 82.8 Å². The quantitative estimate of drug-likeness (QED) is 0.497. The number of hydrogen-bond acceptors (Lipinski definition) is 5. The summed E-state index contributed by atoms with van der Waals surface area (Å²) in [4.78, 5) is 31.4. The van der Waals surface area contributed by atoms with Crippen LogP contribution in [0.5, 0.6) is 0 Å². The van der Waals surface area contributed by atoms with Crippen LogP contribution >= 0.6 is 0 Å². The molecule has 8 nitrogen and oxygen atoms in total. The molecular formula is C26H33F2N5O3. The van der Waals surface area contributed by atoms with Gasteiger partial charge in [0.1, 0.15) is 17.7 Å². The van der Waals surface area contributed by atoms with E-state index < -0.39 is 23.1 Å². The summed E-state index contributed by atoms with van der Waals surface area (Å²) >= 11 is 0. The normalized spacial score (nSPS) is 21.4. The Morgan fingerprint density at radius 1 is 1.25 bits per heavy atom. The Labute approximate surface area is 210 Å². The highest BCUT2D eigenvalue weighted by Crippen LogP contribution is 2.40. The summed E-state index contributed by atoms with van der Waals surface area (Å²) < 4.78 is 28.3. The Kier molecular flexibility index (Phi) is 7.03. The predicted octanol–water partition coefficient (Wildman–Crippen LogP) is 1.56. The van der Waals surface area contributed by atoms with Crippen molar-refractivity contribution >= 4 is 17.5 Å².